The molecule has 0 aromatic carbocycles. The smallest absolute Gasteiger partial charge is 0.171 e. The molecule has 0 aromatic heterocycles. The van der Waals surface area contributed by atoms with Crippen LogP contribution in [-0.2, 0) is 4.74 Å². The molecule has 0 N–H and O–H groups in total. The van der Waals surface area contributed by atoms with Gasteiger partial charge in [-0.3, -0.25) is 0 Å². The minimum absolute atomic E-state index is 0.00772. The molecule has 0 rings (SSSR count). The van der Waals surface area contributed by atoms with Crippen molar-refractivity contribution in [2.75, 3.05) is 6.61 Å². The summed E-state index contributed by atoms with van der Waals surface area (Å²) in [5, 5.41) is 0. The predicted octanol–water partition coefficient (Wildman–Crippen LogP) is 2.77. The monoisotopic (exact) mass is 209 g/mol. The zero-order valence-corrected chi connectivity index (χ0v) is 7.44. The molecule has 0 saturated heterocycles. The van der Waals surface area contributed by atoms with Gasteiger partial charge in [-0.25, -0.2) is 0 Å². The number of halogens is 4. The van der Waals surface area contributed by atoms with Crippen LogP contribution in [0.5, 0.6) is 0 Å². The van der Waals surface area contributed by atoms with Gasteiger partial charge in [0.25, 0.3) is 0 Å². The fraction of sp³-hybridized carbons (Fsp3) is 0.750. The average Bonchev–Trinajstić information content (AvgIpc) is 1.65. The van der Waals surface area contributed by atoms with E-state index in [-0.39, 0.29) is 6.61 Å². The summed E-state index contributed by atoms with van der Waals surface area (Å²) in [6, 6.07) is 0. The molecular weight excluding hydrogens is 206 g/mol. The molecule has 0 fully saturated rings. The molecule has 1 radical (unpaired) electrons. The maximum atomic E-state index is 5.51. The first-order valence-electron chi connectivity index (χ1n) is 2.03. The number of rotatable bonds is 3. The molecule has 0 aliphatic rings. The second-order valence-electron chi connectivity index (χ2n) is 1.41. The van der Waals surface area contributed by atoms with Crippen LogP contribution >= 0.6 is 46.4 Å². The third kappa shape index (κ3) is 3.74. The van der Waals surface area contributed by atoms with Crippen molar-refractivity contribution in [2.24, 2.45) is 0 Å². The summed E-state index contributed by atoms with van der Waals surface area (Å²) >= 11 is 21.7. The Kier molecular flexibility index (Phi) is 4.60. The minimum Gasteiger partial charge on any atom is -0.376 e. The van der Waals surface area contributed by atoms with E-state index in [9.17, 15) is 0 Å². The third-order valence-electron chi connectivity index (χ3n) is 0.614. The van der Waals surface area contributed by atoms with E-state index in [1.807, 2.05) is 0 Å². The molecule has 0 atom stereocenters. The van der Waals surface area contributed by atoms with Crippen LogP contribution in [0.3, 0.4) is 0 Å². The van der Waals surface area contributed by atoms with Gasteiger partial charge in [0.05, 0.1) is 13.7 Å². The molecule has 0 spiro atoms. The van der Waals surface area contributed by atoms with Crippen LogP contribution in [0.15, 0.2) is 0 Å². The van der Waals surface area contributed by atoms with Crippen LogP contribution in [0.2, 0.25) is 0 Å². The summed E-state index contributed by atoms with van der Waals surface area (Å²) in [6.07, 6.45) is 0. The lowest BCUT2D eigenvalue weighted by atomic mass is 10.5. The van der Waals surface area contributed by atoms with Crippen LogP contribution in [0.25, 0.3) is 0 Å². The average molecular weight is 211 g/mol. The van der Waals surface area contributed by atoms with Crippen LogP contribution in [0.4, 0.5) is 0 Å². The number of ether oxygens (including phenoxy) is 1. The van der Waals surface area contributed by atoms with E-state index in [1.165, 1.54) is 0 Å². The van der Waals surface area contributed by atoms with Gasteiger partial charge in [0.2, 0.25) is 0 Å². The highest BCUT2D eigenvalue weighted by Gasteiger charge is 2.31. The Morgan fingerprint density at radius 3 is 2.00 bits per heavy atom. The fourth-order valence-corrected chi connectivity index (χ4v) is 0.479. The van der Waals surface area contributed by atoms with Crippen LogP contribution < -0.4 is 0 Å². The third-order valence-corrected chi connectivity index (χ3v) is 2.46. The molecule has 1 nitrogen and oxygen atoms in total. The van der Waals surface area contributed by atoms with Crippen molar-refractivity contribution >= 4 is 46.4 Å². The zero-order valence-electron chi connectivity index (χ0n) is 4.41. The normalized spacial score (nSPS) is 12.7. The van der Waals surface area contributed by atoms with Crippen LogP contribution in [0, 0.1) is 7.11 Å². The van der Waals surface area contributed by atoms with Crippen molar-refractivity contribution in [3.63, 3.8) is 0 Å². The van der Waals surface area contributed by atoms with E-state index in [0.29, 0.717) is 0 Å². The van der Waals surface area contributed by atoms with E-state index >= 15 is 0 Å². The predicted molar refractivity (Wildman–Crippen MR) is 41.2 cm³/mol. The molecule has 5 heteroatoms. The van der Waals surface area contributed by atoms with Crippen LogP contribution in [-0.4, -0.2) is 15.8 Å². The second kappa shape index (κ2) is 4.09. The summed E-state index contributed by atoms with van der Waals surface area (Å²) in [5.74, 6) is 0. The van der Waals surface area contributed by atoms with Gasteiger partial charge in [0.15, 0.2) is 4.33 Å². The van der Waals surface area contributed by atoms with Crippen LogP contribution in [0.1, 0.15) is 0 Å². The molecule has 0 amide bonds. The summed E-state index contributed by atoms with van der Waals surface area (Å²) < 4.78 is 3.13. The molecule has 0 saturated carbocycles. The highest BCUT2D eigenvalue weighted by molar-refractivity contribution is 6.59. The number of hydrogen-bond acceptors (Lipinski definition) is 1. The maximum absolute atomic E-state index is 5.51. The second-order valence-corrected chi connectivity index (χ2v) is 4.05. The lowest BCUT2D eigenvalue weighted by Gasteiger charge is -2.18. The van der Waals surface area contributed by atoms with E-state index < -0.39 is 9.17 Å². The highest BCUT2D eigenvalue weighted by Crippen LogP contribution is 2.31. The van der Waals surface area contributed by atoms with Crippen molar-refractivity contribution in [3.05, 3.63) is 7.11 Å². The van der Waals surface area contributed by atoms with Crippen molar-refractivity contribution in [3.8, 4) is 0 Å². The van der Waals surface area contributed by atoms with Crippen molar-refractivity contribution in [1.29, 1.82) is 0 Å². The first kappa shape index (κ1) is 10.1. The first-order valence-corrected chi connectivity index (χ1v) is 3.66. The molecule has 0 aliphatic heterocycles. The van der Waals surface area contributed by atoms with E-state index in [1.54, 1.807) is 0 Å². The SMILES string of the molecule is [CH2]OCC(Cl)(Cl)C(Cl)Cl. The molecule has 0 heterocycles. The molecule has 55 valence electrons. The standard InChI is InChI=1S/C4H5Cl4O/c1-9-2-4(7,8)3(5)6/h3H,1-2H2. The largest absolute Gasteiger partial charge is 0.376 e. The van der Waals surface area contributed by atoms with Gasteiger partial charge in [-0.2, -0.15) is 0 Å². The highest BCUT2D eigenvalue weighted by atomic mass is 35.5. The Labute approximate surface area is 74.2 Å². The molecular formula is C4H5Cl4O. The maximum Gasteiger partial charge on any atom is 0.171 e. The first-order chi connectivity index (χ1) is 4.00. The number of hydrogen-bond donors (Lipinski definition) is 0. The zero-order chi connectivity index (χ0) is 7.49. The van der Waals surface area contributed by atoms with Crippen molar-refractivity contribution < 1.29 is 4.74 Å². The lowest BCUT2D eigenvalue weighted by molar-refractivity contribution is 0.233. The molecule has 9 heavy (non-hydrogen) atoms. The summed E-state index contributed by atoms with van der Waals surface area (Å²) in [4.78, 5) is -0.873. The van der Waals surface area contributed by atoms with Gasteiger partial charge in [0.1, 0.15) is 4.84 Å². The Bertz CT molecular complexity index is 82.6. The molecule has 0 aromatic rings. The summed E-state index contributed by atoms with van der Waals surface area (Å²) in [6.45, 7) is 0.00772. The Morgan fingerprint density at radius 1 is 1.44 bits per heavy atom. The Balaban J connectivity index is 3.70. The van der Waals surface area contributed by atoms with Gasteiger partial charge in [-0.1, -0.05) is 23.2 Å². The van der Waals surface area contributed by atoms with E-state index in [4.69, 9.17) is 46.4 Å². The summed E-state index contributed by atoms with van der Waals surface area (Å²) in [7, 11) is 3.07. The fourth-order valence-electron chi connectivity index (χ4n) is 0.199. The molecule has 0 bridgehead atoms. The Morgan fingerprint density at radius 2 is 1.89 bits per heavy atom. The minimum atomic E-state index is -1.26. The van der Waals surface area contributed by atoms with Crippen molar-refractivity contribution in [1.82, 2.24) is 0 Å². The van der Waals surface area contributed by atoms with Gasteiger partial charge in [-0.15, -0.1) is 23.2 Å². The van der Waals surface area contributed by atoms with Gasteiger partial charge >= 0.3 is 0 Å². The van der Waals surface area contributed by atoms with Gasteiger partial charge < -0.3 is 4.74 Å². The van der Waals surface area contributed by atoms with Crippen molar-refractivity contribution in [2.45, 2.75) is 9.17 Å². The lowest BCUT2D eigenvalue weighted by Crippen LogP contribution is -2.27. The molecule has 0 aliphatic carbocycles. The molecule has 0 unspecified atom stereocenters. The van der Waals surface area contributed by atoms with E-state index in [2.05, 4.69) is 11.8 Å². The topological polar surface area (TPSA) is 9.23 Å². The van der Waals surface area contributed by atoms with E-state index in [0.717, 1.165) is 0 Å². The van der Waals surface area contributed by atoms with Gasteiger partial charge in [0, 0.05) is 0 Å². The summed E-state index contributed by atoms with van der Waals surface area (Å²) in [5.41, 5.74) is 0. The van der Waals surface area contributed by atoms with Gasteiger partial charge in [-0.05, 0) is 0 Å². The number of alkyl halides is 4. The quantitative estimate of drug-likeness (QED) is 0.652. The Hall–Kier alpha value is 1.12.